The number of ether oxygens (including phenoxy) is 11. The number of rotatable bonds is 39. The van der Waals surface area contributed by atoms with Gasteiger partial charge in [0.2, 0.25) is 0 Å². The van der Waals surface area contributed by atoms with Crippen LogP contribution >= 0.6 is 0 Å². The van der Waals surface area contributed by atoms with Crippen LogP contribution in [0, 0.1) is 0 Å². The van der Waals surface area contributed by atoms with Crippen molar-refractivity contribution in [1.82, 2.24) is 0 Å². The van der Waals surface area contributed by atoms with Gasteiger partial charge in [-0.2, -0.15) is 0 Å². The molecular weight excluding hydrogens is 684 g/mol. The van der Waals surface area contributed by atoms with Gasteiger partial charge in [0.1, 0.15) is 19.0 Å². The number of benzene rings is 2. The minimum absolute atomic E-state index is 0.202. The molecule has 0 aliphatic heterocycles. The number of esters is 1. The molecule has 0 radical (unpaired) electrons. The van der Waals surface area contributed by atoms with E-state index in [1.807, 2.05) is 18.2 Å². The molecule has 2 aromatic carbocycles. The highest BCUT2D eigenvalue weighted by atomic mass is 16.6. The Balaban J connectivity index is 1.18. The smallest absolute Gasteiger partial charge is 0.338 e. The molecule has 0 saturated carbocycles. The second-order valence-electron chi connectivity index (χ2n) is 12.0. The molecule has 53 heavy (non-hydrogen) atoms. The van der Waals surface area contributed by atoms with Crippen molar-refractivity contribution in [2.45, 2.75) is 51.9 Å². The van der Waals surface area contributed by atoms with Crippen molar-refractivity contribution in [1.29, 1.82) is 0 Å². The minimum atomic E-state index is -0.355. The number of aryl methyl sites for hydroxylation is 1. The predicted molar refractivity (Wildman–Crippen MR) is 203 cm³/mol. The first-order chi connectivity index (χ1) is 26.3. The molecule has 2 aromatic rings. The van der Waals surface area contributed by atoms with Gasteiger partial charge in [0.05, 0.1) is 124 Å². The molecule has 0 aromatic heterocycles. The molecule has 12 nitrogen and oxygen atoms in total. The van der Waals surface area contributed by atoms with Crippen LogP contribution in [-0.4, -0.2) is 138 Å². The van der Waals surface area contributed by atoms with Gasteiger partial charge in [-0.25, -0.2) is 4.79 Å². The standard InChI is InChI=1S/C41H66O12/c1-2-3-4-5-6-8-11-38-14-16-40(17-15-38)52-36-34-50-32-30-48-28-26-46-24-22-44-20-18-43-19-21-45-23-25-47-27-29-49-31-33-51-35-37-53-41(42)39-12-9-7-10-13-39/h7,9-10,12-17H,2-6,8,11,18-37H2,1H3. The third-order valence-corrected chi connectivity index (χ3v) is 7.69. The predicted octanol–water partition coefficient (Wildman–Crippen LogP) is 5.97. The van der Waals surface area contributed by atoms with Gasteiger partial charge in [0.25, 0.3) is 0 Å². The van der Waals surface area contributed by atoms with E-state index in [0.29, 0.717) is 131 Å². The molecule has 0 fully saturated rings. The molecule has 0 amide bonds. The Morgan fingerprint density at radius 1 is 0.415 bits per heavy atom. The largest absolute Gasteiger partial charge is 0.491 e. The van der Waals surface area contributed by atoms with E-state index in [4.69, 9.17) is 52.1 Å². The average Bonchev–Trinajstić information content (AvgIpc) is 3.19. The van der Waals surface area contributed by atoms with Crippen LogP contribution in [0.4, 0.5) is 0 Å². The number of unbranched alkanes of at least 4 members (excludes halogenated alkanes) is 5. The summed E-state index contributed by atoms with van der Waals surface area (Å²) < 4.78 is 60.4. The van der Waals surface area contributed by atoms with E-state index in [2.05, 4.69) is 19.1 Å². The summed E-state index contributed by atoms with van der Waals surface area (Å²) in [6.45, 7) is 11.7. The van der Waals surface area contributed by atoms with E-state index in [9.17, 15) is 4.79 Å². The van der Waals surface area contributed by atoms with Gasteiger partial charge < -0.3 is 52.1 Å². The lowest BCUT2D eigenvalue weighted by atomic mass is 10.0. The maximum Gasteiger partial charge on any atom is 0.338 e. The van der Waals surface area contributed by atoms with Crippen LogP contribution in [0.2, 0.25) is 0 Å². The van der Waals surface area contributed by atoms with Crippen molar-refractivity contribution in [3.63, 3.8) is 0 Å². The number of hydrogen-bond donors (Lipinski definition) is 0. The van der Waals surface area contributed by atoms with Gasteiger partial charge in [-0.3, -0.25) is 0 Å². The van der Waals surface area contributed by atoms with Gasteiger partial charge >= 0.3 is 5.97 Å². The maximum atomic E-state index is 11.8. The molecule has 0 aliphatic rings. The molecule has 302 valence electrons. The lowest BCUT2D eigenvalue weighted by Gasteiger charge is -2.09. The fourth-order valence-electron chi connectivity index (χ4n) is 4.79. The van der Waals surface area contributed by atoms with Crippen LogP contribution in [0.1, 0.15) is 61.4 Å². The summed E-state index contributed by atoms with van der Waals surface area (Å²) in [5.41, 5.74) is 1.90. The number of hydrogen-bond acceptors (Lipinski definition) is 12. The normalized spacial score (nSPS) is 11.3. The second kappa shape index (κ2) is 36.3. The van der Waals surface area contributed by atoms with E-state index in [1.165, 1.54) is 44.1 Å². The minimum Gasteiger partial charge on any atom is -0.491 e. The summed E-state index contributed by atoms with van der Waals surface area (Å²) in [7, 11) is 0. The highest BCUT2D eigenvalue weighted by Crippen LogP contribution is 2.15. The molecule has 12 heteroatoms. The summed E-state index contributed by atoms with van der Waals surface area (Å²) in [5.74, 6) is 0.527. The van der Waals surface area contributed by atoms with E-state index >= 15 is 0 Å². The van der Waals surface area contributed by atoms with Gasteiger partial charge in [-0.1, -0.05) is 69.4 Å². The van der Waals surface area contributed by atoms with Crippen molar-refractivity contribution in [3.05, 3.63) is 65.7 Å². The Morgan fingerprint density at radius 2 is 0.792 bits per heavy atom. The molecule has 0 atom stereocenters. The molecule has 0 aliphatic carbocycles. The van der Waals surface area contributed by atoms with Crippen molar-refractivity contribution >= 4 is 5.97 Å². The summed E-state index contributed by atoms with van der Waals surface area (Å²) in [6, 6.07) is 17.3. The monoisotopic (exact) mass is 750 g/mol. The zero-order valence-corrected chi connectivity index (χ0v) is 32.2. The molecule has 2 rings (SSSR count). The van der Waals surface area contributed by atoms with E-state index in [1.54, 1.807) is 24.3 Å². The quantitative estimate of drug-likeness (QED) is 0.0592. The maximum absolute atomic E-state index is 11.8. The number of carbonyl (C=O) groups is 1. The van der Waals surface area contributed by atoms with Gasteiger partial charge in [0.15, 0.2) is 0 Å². The van der Waals surface area contributed by atoms with Crippen molar-refractivity contribution < 1.29 is 56.9 Å². The highest BCUT2D eigenvalue weighted by molar-refractivity contribution is 5.89. The van der Waals surface area contributed by atoms with Gasteiger partial charge in [-0.15, -0.1) is 0 Å². The van der Waals surface area contributed by atoms with Gasteiger partial charge in [-0.05, 0) is 42.7 Å². The first kappa shape index (κ1) is 46.5. The molecule has 0 saturated heterocycles. The second-order valence-corrected chi connectivity index (χ2v) is 12.0. The summed E-state index contributed by atoms with van der Waals surface area (Å²) >= 11 is 0. The fourth-order valence-corrected chi connectivity index (χ4v) is 4.79. The molecule has 0 heterocycles. The van der Waals surface area contributed by atoms with Crippen molar-refractivity contribution in [2.24, 2.45) is 0 Å². The van der Waals surface area contributed by atoms with E-state index < -0.39 is 0 Å². The highest BCUT2D eigenvalue weighted by Gasteiger charge is 2.05. The summed E-state index contributed by atoms with van der Waals surface area (Å²) in [4.78, 5) is 11.8. The van der Waals surface area contributed by atoms with Gasteiger partial charge in [0, 0.05) is 0 Å². The van der Waals surface area contributed by atoms with Crippen molar-refractivity contribution in [2.75, 3.05) is 132 Å². The Bertz CT molecular complexity index is 1060. The number of carbonyl (C=O) groups excluding carboxylic acids is 1. The Kier molecular flexibility index (Phi) is 31.9. The fraction of sp³-hybridized carbons (Fsp3) is 0.683. The average molecular weight is 751 g/mol. The lowest BCUT2D eigenvalue weighted by molar-refractivity contribution is -0.0262. The SMILES string of the molecule is CCCCCCCCc1ccc(OCCOCCOCCOCCOCCOCCOCCOCCOCCOCCOC(=O)c2ccccc2)cc1. The molecule has 0 unspecified atom stereocenters. The molecule has 0 bridgehead atoms. The first-order valence-corrected chi connectivity index (χ1v) is 19.4. The van der Waals surface area contributed by atoms with E-state index in [-0.39, 0.29) is 12.6 Å². The summed E-state index contributed by atoms with van der Waals surface area (Å²) in [6.07, 6.45) is 9.07. The first-order valence-electron chi connectivity index (χ1n) is 19.4. The summed E-state index contributed by atoms with van der Waals surface area (Å²) in [5, 5.41) is 0. The Morgan fingerprint density at radius 3 is 1.23 bits per heavy atom. The zero-order valence-electron chi connectivity index (χ0n) is 32.2. The van der Waals surface area contributed by atoms with Crippen LogP contribution < -0.4 is 4.74 Å². The van der Waals surface area contributed by atoms with Crippen LogP contribution in [-0.2, 0) is 53.8 Å². The lowest BCUT2D eigenvalue weighted by Crippen LogP contribution is -2.15. The van der Waals surface area contributed by atoms with E-state index in [0.717, 1.165) is 12.2 Å². The van der Waals surface area contributed by atoms with Crippen LogP contribution in [0.5, 0.6) is 5.75 Å². The van der Waals surface area contributed by atoms with Crippen LogP contribution in [0.3, 0.4) is 0 Å². The van der Waals surface area contributed by atoms with Crippen molar-refractivity contribution in [3.8, 4) is 5.75 Å². The third kappa shape index (κ3) is 29.4. The third-order valence-electron chi connectivity index (χ3n) is 7.69. The van der Waals surface area contributed by atoms with Crippen LogP contribution in [0.15, 0.2) is 54.6 Å². The zero-order chi connectivity index (χ0) is 37.5. The van der Waals surface area contributed by atoms with Crippen LogP contribution in [0.25, 0.3) is 0 Å². The molecule has 0 N–H and O–H groups in total. The molecular formula is C41H66O12. The Hall–Kier alpha value is -2.65. The topological polar surface area (TPSA) is 119 Å². The molecule has 0 spiro atoms. The Labute approximate surface area is 317 Å².